The monoisotopic (exact) mass is 406 g/mol. The van der Waals surface area contributed by atoms with Crippen LogP contribution in [0.4, 0.5) is 24.5 Å². The Labute approximate surface area is 163 Å². The number of halogens is 3. The maximum absolute atomic E-state index is 13.2. The number of hydrogen-bond acceptors (Lipinski definition) is 6. The fraction of sp³-hybridized carbons (Fsp3) is 0.333. The topological polar surface area (TPSA) is 84.7 Å². The van der Waals surface area contributed by atoms with E-state index in [2.05, 4.69) is 20.4 Å². The van der Waals surface area contributed by atoms with E-state index in [1.807, 2.05) is 4.90 Å². The molecule has 1 aromatic carbocycles. The Bertz CT molecular complexity index is 1060. The van der Waals surface area contributed by atoms with Crippen LogP contribution >= 0.6 is 0 Å². The van der Waals surface area contributed by atoms with Gasteiger partial charge in [-0.2, -0.15) is 18.2 Å². The lowest BCUT2D eigenvalue weighted by Gasteiger charge is -2.30. The molecule has 0 saturated carbocycles. The third kappa shape index (κ3) is 3.86. The van der Waals surface area contributed by atoms with Crippen molar-refractivity contribution in [1.82, 2.24) is 19.6 Å². The Balaban J connectivity index is 1.69. The van der Waals surface area contributed by atoms with Crippen LogP contribution in [0.15, 0.2) is 30.5 Å². The minimum Gasteiger partial charge on any atom is -0.378 e. The number of nitrogens with zero attached hydrogens (tertiary/aromatic N) is 5. The summed E-state index contributed by atoms with van der Waals surface area (Å²) in [4.78, 5) is 22.6. The van der Waals surface area contributed by atoms with Crippen molar-refractivity contribution in [3.8, 4) is 0 Å². The predicted octanol–water partition coefficient (Wildman–Crippen LogP) is 2.54. The van der Waals surface area contributed by atoms with Crippen LogP contribution in [0.5, 0.6) is 0 Å². The Kier molecular flexibility index (Phi) is 4.82. The third-order valence-corrected chi connectivity index (χ3v) is 4.56. The number of carbonyl (C=O) groups excluding carboxylic acids is 1. The van der Waals surface area contributed by atoms with Crippen molar-refractivity contribution in [1.29, 1.82) is 0 Å². The molecule has 1 amide bonds. The van der Waals surface area contributed by atoms with Crippen molar-refractivity contribution in [2.24, 2.45) is 0 Å². The van der Waals surface area contributed by atoms with E-state index in [-0.39, 0.29) is 17.3 Å². The van der Waals surface area contributed by atoms with Crippen LogP contribution in [-0.2, 0) is 10.9 Å². The van der Waals surface area contributed by atoms with E-state index in [4.69, 9.17) is 4.74 Å². The number of hydrogen-bond donors (Lipinski definition) is 1. The van der Waals surface area contributed by atoms with E-state index >= 15 is 0 Å². The Morgan fingerprint density at radius 2 is 1.97 bits per heavy atom. The van der Waals surface area contributed by atoms with Crippen molar-refractivity contribution in [2.45, 2.75) is 13.1 Å². The summed E-state index contributed by atoms with van der Waals surface area (Å²) in [6.45, 7) is 3.68. The highest BCUT2D eigenvalue weighted by molar-refractivity contribution is 6.03. The molecule has 0 radical (unpaired) electrons. The summed E-state index contributed by atoms with van der Waals surface area (Å²) >= 11 is 0. The molecule has 4 rings (SSSR count). The normalized spacial score (nSPS) is 15.0. The van der Waals surface area contributed by atoms with Crippen molar-refractivity contribution in [3.05, 3.63) is 47.5 Å². The van der Waals surface area contributed by atoms with Crippen molar-refractivity contribution in [2.75, 3.05) is 36.5 Å². The molecule has 1 saturated heterocycles. The van der Waals surface area contributed by atoms with Gasteiger partial charge in [-0.25, -0.2) is 9.50 Å². The van der Waals surface area contributed by atoms with Crippen molar-refractivity contribution in [3.63, 3.8) is 0 Å². The van der Waals surface area contributed by atoms with Crippen molar-refractivity contribution >= 4 is 23.1 Å². The van der Waals surface area contributed by atoms with Crippen LogP contribution in [0.3, 0.4) is 0 Å². The van der Waals surface area contributed by atoms with E-state index < -0.39 is 17.6 Å². The molecular formula is C18H17F3N6O2. The highest BCUT2D eigenvalue weighted by Gasteiger charge is 2.32. The molecule has 1 N–H and O–H groups in total. The molecule has 3 heterocycles. The number of carbonyl (C=O) groups is 1. The average Bonchev–Trinajstić information content (AvgIpc) is 3.14. The number of morpholine rings is 1. The second-order valence-corrected chi connectivity index (χ2v) is 6.52. The first-order valence-corrected chi connectivity index (χ1v) is 8.86. The van der Waals surface area contributed by atoms with Crippen LogP contribution in [0, 0.1) is 6.92 Å². The van der Waals surface area contributed by atoms with Gasteiger partial charge in [0.25, 0.3) is 11.7 Å². The molecule has 3 aromatic rings. The lowest BCUT2D eigenvalue weighted by atomic mass is 10.1. The van der Waals surface area contributed by atoms with Gasteiger partial charge in [-0.05, 0) is 31.2 Å². The van der Waals surface area contributed by atoms with E-state index in [0.717, 1.165) is 17.8 Å². The fourth-order valence-electron chi connectivity index (χ4n) is 3.07. The van der Waals surface area contributed by atoms with Crippen LogP contribution in [-0.4, -0.2) is 51.8 Å². The zero-order valence-electron chi connectivity index (χ0n) is 15.4. The molecule has 1 aliphatic rings. The first-order chi connectivity index (χ1) is 13.8. The smallest absolute Gasteiger partial charge is 0.378 e. The summed E-state index contributed by atoms with van der Waals surface area (Å²) in [5.41, 5.74) is 0.378. The van der Waals surface area contributed by atoms with Crippen molar-refractivity contribution < 1.29 is 22.7 Å². The van der Waals surface area contributed by atoms with Gasteiger partial charge in [0.15, 0.2) is 0 Å². The second kappa shape index (κ2) is 7.32. The van der Waals surface area contributed by atoms with Gasteiger partial charge in [0.1, 0.15) is 0 Å². The Morgan fingerprint density at radius 1 is 1.21 bits per heavy atom. The molecule has 0 bridgehead atoms. The summed E-state index contributed by atoms with van der Waals surface area (Å²) in [6.07, 6.45) is -3.00. The number of rotatable bonds is 3. The number of alkyl halides is 3. The number of aromatic nitrogens is 4. The zero-order valence-corrected chi connectivity index (χ0v) is 15.4. The molecule has 152 valence electrons. The SMILES string of the molecule is Cc1ccnc2nc(C(=O)Nc3cc(C(F)(F)F)ccc3N3CCOCC3)nn12. The van der Waals surface area contributed by atoms with Crippen LogP contribution < -0.4 is 10.2 Å². The van der Waals surface area contributed by atoms with Gasteiger partial charge in [0, 0.05) is 25.0 Å². The maximum atomic E-state index is 13.2. The first-order valence-electron chi connectivity index (χ1n) is 8.86. The zero-order chi connectivity index (χ0) is 20.6. The lowest BCUT2D eigenvalue weighted by Crippen LogP contribution is -2.37. The average molecular weight is 406 g/mol. The largest absolute Gasteiger partial charge is 0.416 e. The standard InChI is InChI=1S/C18H17F3N6O2/c1-11-4-5-22-17-24-15(25-27(11)17)16(28)23-13-10-12(18(19,20)21)2-3-14(13)26-6-8-29-9-7-26/h2-5,10H,6-9H2,1H3,(H,23,28). The molecule has 0 aliphatic carbocycles. The summed E-state index contributed by atoms with van der Waals surface area (Å²) in [5, 5.41) is 6.63. The van der Waals surface area contributed by atoms with Gasteiger partial charge in [0.05, 0.1) is 30.2 Å². The lowest BCUT2D eigenvalue weighted by molar-refractivity contribution is -0.137. The third-order valence-electron chi connectivity index (χ3n) is 4.56. The molecule has 1 aliphatic heterocycles. The molecule has 1 fully saturated rings. The number of amides is 1. The fourth-order valence-corrected chi connectivity index (χ4v) is 3.07. The van der Waals surface area contributed by atoms with E-state index in [9.17, 15) is 18.0 Å². The molecule has 29 heavy (non-hydrogen) atoms. The number of nitrogens with one attached hydrogen (secondary N) is 1. The quantitative estimate of drug-likeness (QED) is 0.720. The molecule has 0 spiro atoms. The molecule has 8 nitrogen and oxygen atoms in total. The van der Waals surface area contributed by atoms with Crippen LogP contribution in [0.2, 0.25) is 0 Å². The summed E-state index contributed by atoms with van der Waals surface area (Å²) in [7, 11) is 0. The van der Waals surface area contributed by atoms with Gasteiger partial charge >= 0.3 is 6.18 Å². The number of anilines is 2. The highest BCUT2D eigenvalue weighted by Crippen LogP contribution is 2.36. The minimum atomic E-state index is -4.54. The van der Waals surface area contributed by atoms with Crippen LogP contribution in [0.1, 0.15) is 21.9 Å². The second-order valence-electron chi connectivity index (χ2n) is 6.52. The highest BCUT2D eigenvalue weighted by atomic mass is 19.4. The van der Waals surface area contributed by atoms with E-state index in [1.165, 1.54) is 16.8 Å². The van der Waals surface area contributed by atoms with E-state index in [0.29, 0.717) is 32.0 Å². The van der Waals surface area contributed by atoms with E-state index in [1.54, 1.807) is 13.0 Å². The first kappa shape index (κ1) is 19.1. The molecule has 2 aromatic heterocycles. The molecule has 0 unspecified atom stereocenters. The Hall–Kier alpha value is -3.21. The summed E-state index contributed by atoms with van der Waals surface area (Å²) < 4.78 is 46.3. The maximum Gasteiger partial charge on any atom is 0.416 e. The van der Waals surface area contributed by atoms with Gasteiger partial charge in [-0.3, -0.25) is 4.79 Å². The van der Waals surface area contributed by atoms with Gasteiger partial charge < -0.3 is 15.0 Å². The molecule has 11 heteroatoms. The van der Waals surface area contributed by atoms with Gasteiger partial charge in [0.2, 0.25) is 5.82 Å². The Morgan fingerprint density at radius 3 is 2.66 bits per heavy atom. The molecular weight excluding hydrogens is 389 g/mol. The summed E-state index contributed by atoms with van der Waals surface area (Å²) in [5.74, 6) is -0.673. The number of fused-ring (bicyclic) bond motifs is 1. The number of aryl methyl sites for hydroxylation is 1. The summed E-state index contributed by atoms with van der Waals surface area (Å²) in [6, 6.07) is 4.97. The molecule has 0 atom stereocenters. The predicted molar refractivity (Wildman–Crippen MR) is 97.9 cm³/mol. The van der Waals surface area contributed by atoms with Gasteiger partial charge in [-0.1, -0.05) is 0 Å². The number of ether oxygens (including phenoxy) is 1. The number of benzene rings is 1. The van der Waals surface area contributed by atoms with Gasteiger partial charge in [-0.15, -0.1) is 5.10 Å². The van der Waals surface area contributed by atoms with Crippen LogP contribution in [0.25, 0.3) is 5.78 Å². The minimum absolute atomic E-state index is 0.0373.